The maximum Gasteiger partial charge on any atom is 0.347 e. The van der Waals surface area contributed by atoms with Crippen molar-refractivity contribution in [1.82, 2.24) is 10.6 Å². The first kappa shape index (κ1) is 24.2. The second-order valence-corrected chi connectivity index (χ2v) is 9.39. The molecule has 0 fully saturated rings. The molecule has 0 bridgehead atoms. The van der Waals surface area contributed by atoms with Crippen LogP contribution in [-0.2, 0) is 26.2 Å². The highest BCUT2D eigenvalue weighted by molar-refractivity contribution is 7.95. The molecule has 0 saturated carbocycles. The topological polar surface area (TPSA) is 134 Å². The summed E-state index contributed by atoms with van der Waals surface area (Å²) in [5.41, 5.74) is 0.583. The van der Waals surface area contributed by atoms with Gasteiger partial charge in [0.2, 0.25) is 5.91 Å². The van der Waals surface area contributed by atoms with Gasteiger partial charge in [0.25, 0.3) is 15.9 Å². The van der Waals surface area contributed by atoms with E-state index in [2.05, 4.69) is 10.3 Å². The van der Waals surface area contributed by atoms with Gasteiger partial charge in [-0.05, 0) is 42.8 Å². The first-order chi connectivity index (χ1) is 15.6. The lowest BCUT2D eigenvalue weighted by Crippen LogP contribution is -2.55. The summed E-state index contributed by atoms with van der Waals surface area (Å²) >= 11 is 6.10. The summed E-state index contributed by atoms with van der Waals surface area (Å²) in [5.74, 6) is -1.20. The van der Waals surface area contributed by atoms with Crippen LogP contribution in [0, 0.1) is 0 Å². The van der Waals surface area contributed by atoms with Crippen molar-refractivity contribution in [2.24, 2.45) is 4.99 Å². The van der Waals surface area contributed by atoms with Crippen LogP contribution in [0.2, 0.25) is 5.02 Å². The van der Waals surface area contributed by atoms with E-state index in [0.29, 0.717) is 16.3 Å². The van der Waals surface area contributed by atoms with Gasteiger partial charge < -0.3 is 10.1 Å². The van der Waals surface area contributed by atoms with Crippen LogP contribution in [0.1, 0.15) is 12.5 Å². The predicted octanol–water partition coefficient (Wildman–Crippen LogP) is 1.88. The van der Waals surface area contributed by atoms with Crippen molar-refractivity contribution in [1.29, 1.82) is 0 Å². The normalized spacial score (nSPS) is 16.0. The number of carbonyl (C=O) groups is 3. The molecule has 3 rings (SSSR count). The molecule has 2 N–H and O–H groups in total. The summed E-state index contributed by atoms with van der Waals surface area (Å²) in [6.07, 6.45) is 0. The standard InChI is InChI=1S/C21H21ClN4O6S/c1-13-19(20(28)25-21(29)24-13)33(30,31)26(15-7-9-16(32-2)10-8-15)12-18(27)23-11-14-5-3-4-6-17(14)22/h3-10,19H,11-12H2,1-2H3,(H,23,27)(H,25,28,29). The van der Waals surface area contributed by atoms with E-state index in [1.807, 2.05) is 5.32 Å². The van der Waals surface area contributed by atoms with Crippen LogP contribution in [-0.4, -0.2) is 50.9 Å². The molecule has 2 aromatic carbocycles. The fraction of sp³-hybridized carbons (Fsp3) is 0.238. The summed E-state index contributed by atoms with van der Waals surface area (Å²) in [6.45, 7) is 0.723. The van der Waals surface area contributed by atoms with Crippen molar-refractivity contribution in [3.8, 4) is 5.75 Å². The molecule has 1 aliphatic heterocycles. The number of hydrogen-bond acceptors (Lipinski definition) is 6. The number of nitrogens with zero attached hydrogens (tertiary/aromatic N) is 2. The molecule has 1 atom stereocenters. The number of carbonyl (C=O) groups excluding carboxylic acids is 3. The quantitative estimate of drug-likeness (QED) is 0.577. The van der Waals surface area contributed by atoms with Crippen molar-refractivity contribution in [2.45, 2.75) is 18.7 Å². The maximum absolute atomic E-state index is 13.5. The number of aliphatic imine (C=N–C) groups is 1. The Hall–Kier alpha value is -3.44. The highest BCUT2D eigenvalue weighted by Gasteiger charge is 2.43. The van der Waals surface area contributed by atoms with Crippen molar-refractivity contribution < 1.29 is 27.5 Å². The van der Waals surface area contributed by atoms with Crippen LogP contribution in [0.5, 0.6) is 5.75 Å². The van der Waals surface area contributed by atoms with Crippen molar-refractivity contribution in [3.63, 3.8) is 0 Å². The van der Waals surface area contributed by atoms with Crippen LogP contribution >= 0.6 is 11.6 Å². The number of anilines is 1. The van der Waals surface area contributed by atoms with Crippen molar-refractivity contribution in [3.05, 3.63) is 59.1 Å². The number of hydrogen-bond donors (Lipinski definition) is 2. The summed E-state index contributed by atoms with van der Waals surface area (Å²) in [7, 11) is -3.04. The molecule has 1 unspecified atom stereocenters. The van der Waals surface area contributed by atoms with E-state index in [1.54, 1.807) is 24.3 Å². The zero-order chi connectivity index (χ0) is 24.2. The summed E-state index contributed by atoms with van der Waals surface area (Å²) in [5, 5.41) is 3.20. The van der Waals surface area contributed by atoms with E-state index >= 15 is 0 Å². The summed E-state index contributed by atoms with van der Waals surface area (Å²) in [4.78, 5) is 40.1. The highest BCUT2D eigenvalue weighted by atomic mass is 35.5. The van der Waals surface area contributed by atoms with E-state index in [1.165, 1.54) is 38.3 Å². The van der Waals surface area contributed by atoms with E-state index in [9.17, 15) is 22.8 Å². The number of imide groups is 1. The van der Waals surface area contributed by atoms with Crippen LogP contribution in [0.3, 0.4) is 0 Å². The van der Waals surface area contributed by atoms with Crippen LogP contribution < -0.4 is 19.7 Å². The van der Waals surface area contributed by atoms with E-state index in [0.717, 1.165) is 4.31 Å². The number of halogens is 1. The van der Waals surface area contributed by atoms with Gasteiger partial charge in [0.05, 0.1) is 18.5 Å². The first-order valence-electron chi connectivity index (χ1n) is 9.69. The lowest BCUT2D eigenvalue weighted by Gasteiger charge is -2.29. The lowest BCUT2D eigenvalue weighted by molar-refractivity contribution is -0.120. The van der Waals surface area contributed by atoms with Gasteiger partial charge >= 0.3 is 6.03 Å². The molecule has 0 radical (unpaired) electrons. The molecule has 0 spiro atoms. The Balaban J connectivity index is 1.91. The number of rotatable bonds is 8. The van der Waals surface area contributed by atoms with E-state index in [-0.39, 0.29) is 17.9 Å². The van der Waals surface area contributed by atoms with Crippen LogP contribution in [0.15, 0.2) is 53.5 Å². The van der Waals surface area contributed by atoms with Gasteiger partial charge in [0.1, 0.15) is 12.3 Å². The Labute approximate surface area is 195 Å². The minimum atomic E-state index is -4.49. The highest BCUT2D eigenvalue weighted by Crippen LogP contribution is 2.25. The maximum atomic E-state index is 13.5. The number of nitrogens with one attached hydrogen (secondary N) is 2. The van der Waals surface area contributed by atoms with Gasteiger partial charge in [-0.3, -0.25) is 19.2 Å². The Morgan fingerprint density at radius 2 is 1.85 bits per heavy atom. The van der Waals surface area contributed by atoms with E-state index < -0.39 is 39.7 Å². The second-order valence-electron chi connectivity index (χ2n) is 7.05. The third kappa shape index (κ3) is 5.49. The smallest absolute Gasteiger partial charge is 0.347 e. The predicted molar refractivity (Wildman–Crippen MR) is 123 cm³/mol. The molecule has 0 aromatic heterocycles. The average Bonchev–Trinajstić information content (AvgIpc) is 2.76. The van der Waals surface area contributed by atoms with E-state index in [4.69, 9.17) is 16.3 Å². The van der Waals surface area contributed by atoms with Gasteiger partial charge in [-0.2, -0.15) is 0 Å². The van der Waals surface area contributed by atoms with Crippen molar-refractivity contribution >= 4 is 50.9 Å². The summed E-state index contributed by atoms with van der Waals surface area (Å²) in [6, 6.07) is 11.9. The molecule has 174 valence electrons. The average molecular weight is 493 g/mol. The fourth-order valence-electron chi connectivity index (χ4n) is 3.18. The molecule has 12 heteroatoms. The second kappa shape index (κ2) is 10.0. The minimum absolute atomic E-state index is 0.0773. The molecule has 4 amide bonds. The Kier molecular flexibility index (Phi) is 7.34. The Morgan fingerprint density at radius 1 is 1.18 bits per heavy atom. The molecular formula is C21H21ClN4O6S. The van der Waals surface area contributed by atoms with Gasteiger partial charge in [-0.1, -0.05) is 29.8 Å². The van der Waals surface area contributed by atoms with Gasteiger partial charge in [0, 0.05) is 11.6 Å². The largest absolute Gasteiger partial charge is 0.497 e. The molecule has 1 heterocycles. The molecule has 33 heavy (non-hydrogen) atoms. The van der Waals surface area contributed by atoms with Gasteiger partial charge in [-0.15, -0.1) is 0 Å². The third-order valence-corrected chi connectivity index (χ3v) is 7.29. The molecule has 0 saturated heterocycles. The van der Waals surface area contributed by atoms with Crippen molar-refractivity contribution in [2.75, 3.05) is 18.0 Å². The first-order valence-corrected chi connectivity index (χ1v) is 11.6. The minimum Gasteiger partial charge on any atom is -0.497 e. The molecular weight excluding hydrogens is 472 g/mol. The van der Waals surface area contributed by atoms with Crippen LogP contribution in [0.4, 0.5) is 10.5 Å². The molecule has 0 aliphatic carbocycles. The van der Waals surface area contributed by atoms with Gasteiger partial charge in [0.15, 0.2) is 5.25 Å². The number of benzene rings is 2. The van der Waals surface area contributed by atoms with Gasteiger partial charge in [-0.25, -0.2) is 18.2 Å². The zero-order valence-electron chi connectivity index (χ0n) is 17.7. The van der Waals surface area contributed by atoms with Crippen LogP contribution in [0.25, 0.3) is 0 Å². The zero-order valence-corrected chi connectivity index (χ0v) is 19.3. The third-order valence-electron chi connectivity index (χ3n) is 4.81. The number of urea groups is 1. The number of ether oxygens (including phenoxy) is 1. The monoisotopic (exact) mass is 492 g/mol. The SMILES string of the molecule is COc1ccc(N(CC(=O)NCc2ccccc2Cl)S(=O)(=O)C2C(=O)NC(=O)N=C2C)cc1. The number of sulfonamides is 1. The number of amides is 4. The Bertz CT molecular complexity index is 1210. The lowest BCUT2D eigenvalue weighted by atomic mass is 10.2. The number of methoxy groups -OCH3 is 1. The fourth-order valence-corrected chi connectivity index (χ4v) is 5.17. The molecule has 10 nitrogen and oxygen atoms in total. The summed E-state index contributed by atoms with van der Waals surface area (Å²) < 4.78 is 32.8. The molecule has 2 aromatic rings. The molecule has 1 aliphatic rings. The Morgan fingerprint density at radius 3 is 2.45 bits per heavy atom.